The molecule has 1 aliphatic heterocycles. The van der Waals surface area contributed by atoms with Gasteiger partial charge in [0, 0.05) is 5.69 Å². The van der Waals surface area contributed by atoms with E-state index in [1.807, 2.05) is 61.5 Å². The van der Waals surface area contributed by atoms with Crippen molar-refractivity contribution in [2.45, 2.75) is 18.8 Å². The van der Waals surface area contributed by atoms with Crippen LogP contribution in [0.3, 0.4) is 0 Å². The smallest absolute Gasteiger partial charge is 0.291 e. The Morgan fingerprint density at radius 1 is 1.05 bits per heavy atom. The molecule has 0 aliphatic carbocycles. The van der Waals surface area contributed by atoms with Gasteiger partial charge in [-0.15, -0.1) is 0 Å². The highest BCUT2D eigenvalue weighted by atomic mass is 32.2. The van der Waals surface area contributed by atoms with Crippen molar-refractivity contribution in [1.29, 1.82) is 0 Å². The number of nitrogens with one attached hydrogen (secondary N) is 1. The third-order valence-electron chi connectivity index (χ3n) is 3.54. The molecule has 2 aromatic rings. The molecule has 0 bridgehead atoms. The van der Waals surface area contributed by atoms with Crippen molar-refractivity contribution < 1.29 is 9.59 Å². The first-order chi connectivity index (χ1) is 10.6. The molecule has 1 fully saturated rings. The number of benzene rings is 2. The molecule has 1 saturated heterocycles. The van der Waals surface area contributed by atoms with Crippen molar-refractivity contribution in [2.24, 2.45) is 0 Å². The topological polar surface area (TPSA) is 49.4 Å². The molecule has 0 saturated carbocycles. The maximum Gasteiger partial charge on any atom is 0.291 e. The second-order valence-corrected chi connectivity index (χ2v) is 6.19. The average molecular weight is 312 g/mol. The predicted molar refractivity (Wildman–Crippen MR) is 88.6 cm³/mol. The van der Waals surface area contributed by atoms with E-state index in [1.54, 1.807) is 0 Å². The number of amides is 2. The quantitative estimate of drug-likeness (QED) is 0.936. The number of carbonyl (C=O) groups excluding carboxylic acids is 2. The van der Waals surface area contributed by atoms with E-state index in [-0.39, 0.29) is 11.1 Å². The molecule has 2 amide bonds. The standard InChI is InChI=1S/C17H16N2O2S/c1-12-7-5-6-10-14(12)18-15-16(20)19(17(21)22-15)11-13-8-3-2-4-9-13/h2-10,15,18H,11H2,1H3/t15-/m0/s1. The summed E-state index contributed by atoms with van der Waals surface area (Å²) in [5, 5.41) is 2.39. The van der Waals surface area contributed by atoms with E-state index in [4.69, 9.17) is 0 Å². The van der Waals surface area contributed by atoms with Gasteiger partial charge in [0.05, 0.1) is 6.54 Å². The van der Waals surface area contributed by atoms with Crippen LogP contribution < -0.4 is 5.32 Å². The average Bonchev–Trinajstić information content (AvgIpc) is 2.78. The van der Waals surface area contributed by atoms with Crippen LogP contribution in [0, 0.1) is 6.92 Å². The van der Waals surface area contributed by atoms with Crippen LogP contribution in [-0.2, 0) is 11.3 Å². The Labute approximate surface area is 133 Å². The Bertz CT molecular complexity index is 703. The number of carbonyl (C=O) groups is 2. The number of anilines is 1. The van der Waals surface area contributed by atoms with Crippen LogP contribution in [0.15, 0.2) is 54.6 Å². The normalized spacial score (nSPS) is 17.9. The van der Waals surface area contributed by atoms with Crippen LogP contribution in [0.25, 0.3) is 0 Å². The molecule has 1 N–H and O–H groups in total. The van der Waals surface area contributed by atoms with Crippen molar-refractivity contribution in [2.75, 3.05) is 5.32 Å². The Morgan fingerprint density at radius 2 is 1.73 bits per heavy atom. The van der Waals surface area contributed by atoms with Crippen molar-refractivity contribution in [1.82, 2.24) is 4.90 Å². The number of nitrogens with zero attached hydrogens (tertiary/aromatic N) is 1. The SMILES string of the molecule is Cc1ccccc1N[C@H]1SC(=O)N(Cc2ccccc2)C1=O. The summed E-state index contributed by atoms with van der Waals surface area (Å²) in [6.45, 7) is 2.29. The van der Waals surface area contributed by atoms with E-state index in [0.29, 0.717) is 6.54 Å². The molecule has 3 rings (SSSR count). The minimum atomic E-state index is -0.558. The van der Waals surface area contributed by atoms with Crippen LogP contribution in [0.1, 0.15) is 11.1 Å². The van der Waals surface area contributed by atoms with Crippen LogP contribution in [-0.4, -0.2) is 21.4 Å². The summed E-state index contributed by atoms with van der Waals surface area (Å²) in [4.78, 5) is 25.9. The van der Waals surface area contributed by atoms with Gasteiger partial charge < -0.3 is 5.32 Å². The van der Waals surface area contributed by atoms with Crippen LogP contribution >= 0.6 is 11.8 Å². The maximum atomic E-state index is 12.5. The van der Waals surface area contributed by atoms with E-state index in [2.05, 4.69) is 5.32 Å². The van der Waals surface area contributed by atoms with Crippen LogP contribution in [0.2, 0.25) is 0 Å². The lowest BCUT2D eigenvalue weighted by Gasteiger charge is -2.15. The third kappa shape index (κ3) is 2.99. The Morgan fingerprint density at radius 3 is 2.45 bits per heavy atom. The van der Waals surface area contributed by atoms with Gasteiger partial charge in [0.25, 0.3) is 11.1 Å². The Kier molecular flexibility index (Phi) is 4.15. The van der Waals surface area contributed by atoms with E-state index >= 15 is 0 Å². The summed E-state index contributed by atoms with van der Waals surface area (Å²) in [5.74, 6) is -0.192. The third-order valence-corrected chi connectivity index (χ3v) is 4.52. The number of thioether (sulfide) groups is 1. The van der Waals surface area contributed by atoms with E-state index < -0.39 is 5.37 Å². The molecular weight excluding hydrogens is 296 g/mol. The fourth-order valence-electron chi connectivity index (χ4n) is 2.32. The zero-order valence-corrected chi connectivity index (χ0v) is 13.0. The number of rotatable bonds is 4. The first-order valence-electron chi connectivity index (χ1n) is 7.03. The summed E-state index contributed by atoms with van der Waals surface area (Å²) in [6.07, 6.45) is 0. The zero-order valence-electron chi connectivity index (χ0n) is 12.2. The monoisotopic (exact) mass is 312 g/mol. The van der Waals surface area contributed by atoms with E-state index in [0.717, 1.165) is 28.6 Å². The lowest BCUT2D eigenvalue weighted by atomic mass is 10.2. The molecule has 22 heavy (non-hydrogen) atoms. The van der Waals surface area contributed by atoms with Gasteiger partial charge in [0.2, 0.25) is 0 Å². The number of aryl methyl sites for hydroxylation is 1. The molecule has 0 radical (unpaired) electrons. The summed E-state index contributed by atoms with van der Waals surface area (Å²) < 4.78 is 0. The minimum absolute atomic E-state index is 0.192. The van der Waals surface area contributed by atoms with Crippen molar-refractivity contribution in [3.63, 3.8) is 0 Å². The predicted octanol–water partition coefficient (Wildman–Crippen LogP) is 3.63. The fourth-order valence-corrected chi connectivity index (χ4v) is 3.22. The van der Waals surface area contributed by atoms with E-state index in [9.17, 15) is 9.59 Å². The van der Waals surface area contributed by atoms with Crippen molar-refractivity contribution in [3.05, 3.63) is 65.7 Å². The second kappa shape index (κ2) is 6.23. The van der Waals surface area contributed by atoms with Gasteiger partial charge in [0.15, 0.2) is 5.37 Å². The van der Waals surface area contributed by atoms with Gasteiger partial charge in [-0.1, -0.05) is 48.5 Å². The Hall–Kier alpha value is -2.27. The summed E-state index contributed by atoms with van der Waals surface area (Å²) >= 11 is 1.03. The molecular formula is C17H16N2O2S. The van der Waals surface area contributed by atoms with Gasteiger partial charge in [0.1, 0.15) is 0 Å². The number of hydrogen-bond donors (Lipinski definition) is 1. The summed E-state index contributed by atoms with van der Waals surface area (Å²) in [5.41, 5.74) is 2.87. The lowest BCUT2D eigenvalue weighted by molar-refractivity contribution is -0.126. The van der Waals surface area contributed by atoms with Crippen molar-refractivity contribution in [3.8, 4) is 0 Å². The highest BCUT2D eigenvalue weighted by Crippen LogP contribution is 2.30. The second-order valence-electron chi connectivity index (χ2n) is 5.13. The van der Waals surface area contributed by atoms with Gasteiger partial charge in [-0.25, -0.2) is 0 Å². The highest BCUT2D eigenvalue weighted by Gasteiger charge is 2.39. The van der Waals surface area contributed by atoms with Crippen LogP contribution in [0.5, 0.6) is 0 Å². The molecule has 1 heterocycles. The largest absolute Gasteiger partial charge is 0.365 e. The van der Waals surface area contributed by atoms with Gasteiger partial charge >= 0.3 is 0 Å². The number of para-hydroxylation sites is 1. The lowest BCUT2D eigenvalue weighted by Crippen LogP contribution is -2.34. The minimum Gasteiger partial charge on any atom is -0.365 e. The molecule has 1 aliphatic rings. The molecule has 0 unspecified atom stereocenters. The first-order valence-corrected chi connectivity index (χ1v) is 7.91. The highest BCUT2D eigenvalue weighted by molar-refractivity contribution is 8.15. The molecule has 112 valence electrons. The molecule has 2 aromatic carbocycles. The van der Waals surface area contributed by atoms with Gasteiger partial charge in [-0.05, 0) is 35.9 Å². The molecule has 5 heteroatoms. The number of hydrogen-bond acceptors (Lipinski definition) is 4. The summed E-state index contributed by atoms with van der Waals surface area (Å²) in [7, 11) is 0. The first kappa shape index (κ1) is 14.7. The van der Waals surface area contributed by atoms with Gasteiger partial charge in [-0.3, -0.25) is 14.5 Å². The molecule has 0 spiro atoms. The Balaban J connectivity index is 1.73. The van der Waals surface area contributed by atoms with Crippen LogP contribution in [0.4, 0.5) is 10.5 Å². The molecule has 1 atom stereocenters. The molecule has 0 aromatic heterocycles. The molecule has 4 nitrogen and oxygen atoms in total. The van der Waals surface area contributed by atoms with E-state index in [1.165, 1.54) is 4.90 Å². The number of imide groups is 1. The maximum absolute atomic E-state index is 12.5. The fraction of sp³-hybridized carbons (Fsp3) is 0.176. The van der Waals surface area contributed by atoms with Gasteiger partial charge in [-0.2, -0.15) is 0 Å². The zero-order chi connectivity index (χ0) is 15.5. The van der Waals surface area contributed by atoms with Crippen molar-refractivity contribution >= 4 is 28.6 Å². The summed E-state index contributed by atoms with van der Waals surface area (Å²) in [6, 6.07) is 17.3.